The molecule has 1 heterocycles. The topological polar surface area (TPSA) is 161 Å². The number of esters is 4. The molecule has 12 heteroatoms. The van der Waals surface area contributed by atoms with Crippen molar-refractivity contribution in [1.82, 2.24) is 0 Å². The van der Waals surface area contributed by atoms with Crippen LogP contribution in [0.1, 0.15) is 61.8 Å². The summed E-state index contributed by atoms with van der Waals surface area (Å²) in [4.78, 5) is 59.3. The highest BCUT2D eigenvalue weighted by Crippen LogP contribution is 2.44. The molecule has 0 amide bonds. The predicted octanol–water partition coefficient (Wildman–Crippen LogP) is 1.71. The van der Waals surface area contributed by atoms with E-state index < -0.39 is 71.7 Å². The average Bonchev–Trinajstić information content (AvgIpc) is 2.77. The van der Waals surface area contributed by atoms with Crippen molar-refractivity contribution in [2.75, 3.05) is 6.61 Å². The highest BCUT2D eigenvalue weighted by Gasteiger charge is 2.53. The van der Waals surface area contributed by atoms with E-state index in [1.165, 1.54) is 19.1 Å². The molecule has 1 aliphatic heterocycles. The van der Waals surface area contributed by atoms with Crippen molar-refractivity contribution >= 4 is 29.7 Å². The van der Waals surface area contributed by atoms with Crippen LogP contribution in [-0.4, -0.2) is 83.8 Å². The number of ether oxygens (including phenoxy) is 6. The Morgan fingerprint density at radius 3 is 2.05 bits per heavy atom. The second kappa shape index (κ2) is 12.8. The fraction of sp³-hybridized carbons (Fsp3) is 0.667. The van der Waals surface area contributed by atoms with Gasteiger partial charge in [-0.15, -0.1) is 0 Å². The molecule has 0 saturated carbocycles. The summed E-state index contributed by atoms with van der Waals surface area (Å²) in [7, 11) is 0. The Morgan fingerprint density at radius 1 is 1.00 bits per heavy atom. The van der Waals surface area contributed by atoms with Gasteiger partial charge >= 0.3 is 23.9 Å². The SMILES string of the molecule is CC(=O)OC[C@H]1O[C@@H](OC(C)/C=C/C2(O)C(C)=CC(=O)CC2(C)C)[C@H](OC(C)=O)[C@@H](OC(C)=O)[C@@H]1OC(C)=O. The van der Waals surface area contributed by atoms with Crippen LogP contribution in [0, 0.1) is 5.41 Å². The molecule has 2 aliphatic rings. The van der Waals surface area contributed by atoms with E-state index in [1.807, 2.05) is 0 Å². The third kappa shape index (κ3) is 8.20. The maximum atomic E-state index is 12.0. The predicted molar refractivity (Wildman–Crippen MR) is 134 cm³/mol. The standard InChI is InChI=1S/C27H38O12/c1-14-11-20(32)12-26(7,8)27(14,33)10-9-15(2)35-25-24(38-19(6)31)23(37-18(5)30)22(36-17(4)29)21(39-25)13-34-16(3)28/h9-11,15,21-25,33H,12-13H2,1-8H3/b10-9+/t15?,21-,22-,23+,24-,25-,27?/m1/s1. The van der Waals surface area contributed by atoms with Crippen LogP contribution in [0.25, 0.3) is 0 Å². The third-order valence-corrected chi connectivity index (χ3v) is 6.53. The summed E-state index contributed by atoms with van der Waals surface area (Å²) in [6, 6.07) is 0. The number of hydrogen-bond acceptors (Lipinski definition) is 12. The molecule has 0 radical (unpaired) electrons. The number of ketones is 1. The number of aliphatic hydroxyl groups is 1. The summed E-state index contributed by atoms with van der Waals surface area (Å²) in [6.45, 7) is 11.0. The molecule has 1 saturated heterocycles. The van der Waals surface area contributed by atoms with Crippen molar-refractivity contribution in [1.29, 1.82) is 0 Å². The normalized spacial score (nSPS) is 31.2. The van der Waals surface area contributed by atoms with Gasteiger partial charge in [0.25, 0.3) is 0 Å². The monoisotopic (exact) mass is 554 g/mol. The molecule has 39 heavy (non-hydrogen) atoms. The minimum absolute atomic E-state index is 0.0858. The molecular formula is C27H38O12. The summed E-state index contributed by atoms with van der Waals surface area (Å²) in [5, 5.41) is 11.4. The first-order chi connectivity index (χ1) is 18.0. The first-order valence-electron chi connectivity index (χ1n) is 12.6. The Kier molecular flexibility index (Phi) is 10.6. The molecule has 2 rings (SSSR count). The number of carbonyl (C=O) groups excluding carboxylic acids is 5. The average molecular weight is 555 g/mol. The van der Waals surface area contributed by atoms with Crippen molar-refractivity contribution in [3.05, 3.63) is 23.8 Å². The molecular weight excluding hydrogens is 516 g/mol. The van der Waals surface area contributed by atoms with Gasteiger partial charge < -0.3 is 33.5 Å². The maximum absolute atomic E-state index is 12.0. The van der Waals surface area contributed by atoms with Crippen LogP contribution in [-0.2, 0) is 52.4 Å². The molecule has 0 aromatic rings. The molecule has 0 spiro atoms. The quantitative estimate of drug-likeness (QED) is 0.250. The molecule has 0 aromatic carbocycles. The highest BCUT2D eigenvalue weighted by molar-refractivity contribution is 5.92. The molecule has 1 fully saturated rings. The van der Waals surface area contributed by atoms with Crippen LogP contribution in [0.5, 0.6) is 0 Å². The number of hydrogen-bond donors (Lipinski definition) is 1. The van der Waals surface area contributed by atoms with Crippen LogP contribution >= 0.6 is 0 Å². The Hall–Kier alpha value is -3.09. The third-order valence-electron chi connectivity index (χ3n) is 6.53. The largest absolute Gasteiger partial charge is 0.463 e. The lowest BCUT2D eigenvalue weighted by molar-refractivity contribution is -0.312. The van der Waals surface area contributed by atoms with Crippen LogP contribution in [0.4, 0.5) is 0 Å². The van der Waals surface area contributed by atoms with Gasteiger partial charge in [-0.1, -0.05) is 19.9 Å². The first-order valence-corrected chi connectivity index (χ1v) is 12.6. The zero-order valence-electron chi connectivity index (χ0n) is 23.5. The van der Waals surface area contributed by atoms with Gasteiger partial charge in [-0.3, -0.25) is 24.0 Å². The Balaban J connectivity index is 2.42. The van der Waals surface area contributed by atoms with E-state index in [0.29, 0.717) is 5.57 Å². The zero-order valence-corrected chi connectivity index (χ0v) is 23.5. The van der Waals surface area contributed by atoms with E-state index in [0.717, 1.165) is 20.8 Å². The number of carbonyl (C=O) groups is 5. The smallest absolute Gasteiger partial charge is 0.303 e. The van der Waals surface area contributed by atoms with Crippen molar-refractivity contribution in [3.8, 4) is 0 Å². The Morgan fingerprint density at radius 2 is 1.54 bits per heavy atom. The van der Waals surface area contributed by atoms with Crippen molar-refractivity contribution in [2.24, 2.45) is 5.41 Å². The molecule has 7 atom stereocenters. The number of allylic oxidation sites excluding steroid dienone is 1. The van der Waals surface area contributed by atoms with Crippen LogP contribution in [0.15, 0.2) is 23.8 Å². The molecule has 1 N–H and O–H groups in total. The van der Waals surface area contributed by atoms with Gasteiger partial charge in [0.05, 0.1) is 6.10 Å². The minimum Gasteiger partial charge on any atom is -0.463 e. The van der Waals surface area contributed by atoms with Crippen LogP contribution in [0.3, 0.4) is 0 Å². The molecule has 1 aliphatic carbocycles. The second-order valence-corrected chi connectivity index (χ2v) is 10.4. The molecule has 12 nitrogen and oxygen atoms in total. The fourth-order valence-electron chi connectivity index (χ4n) is 4.69. The van der Waals surface area contributed by atoms with Crippen LogP contribution in [0.2, 0.25) is 0 Å². The van der Waals surface area contributed by atoms with Gasteiger partial charge in [-0.05, 0) is 31.6 Å². The fourth-order valence-corrected chi connectivity index (χ4v) is 4.69. The highest BCUT2D eigenvalue weighted by atomic mass is 16.7. The Bertz CT molecular complexity index is 1030. The van der Waals surface area contributed by atoms with Gasteiger partial charge in [0, 0.05) is 39.5 Å². The first kappa shape index (κ1) is 32.1. The summed E-state index contributed by atoms with van der Waals surface area (Å²) in [5.41, 5.74) is -1.77. The van der Waals surface area contributed by atoms with Crippen molar-refractivity contribution in [2.45, 2.75) is 104 Å². The van der Waals surface area contributed by atoms with E-state index in [4.69, 9.17) is 28.4 Å². The molecule has 218 valence electrons. The molecule has 2 unspecified atom stereocenters. The Labute approximate surface area is 227 Å². The molecule has 0 bridgehead atoms. The lowest BCUT2D eigenvalue weighted by Crippen LogP contribution is -2.63. The van der Waals surface area contributed by atoms with E-state index in [-0.39, 0.29) is 18.8 Å². The maximum Gasteiger partial charge on any atom is 0.303 e. The summed E-state index contributed by atoms with van der Waals surface area (Å²) >= 11 is 0. The van der Waals surface area contributed by atoms with Gasteiger partial charge in [-0.2, -0.15) is 0 Å². The minimum atomic E-state index is -1.44. The van der Waals surface area contributed by atoms with E-state index >= 15 is 0 Å². The second-order valence-electron chi connectivity index (χ2n) is 10.4. The number of rotatable bonds is 9. The van der Waals surface area contributed by atoms with E-state index in [1.54, 1.807) is 33.8 Å². The summed E-state index contributed by atoms with van der Waals surface area (Å²) in [6.07, 6.45) is -2.67. The van der Waals surface area contributed by atoms with Crippen LogP contribution < -0.4 is 0 Å². The van der Waals surface area contributed by atoms with E-state index in [2.05, 4.69) is 0 Å². The summed E-state index contributed by atoms with van der Waals surface area (Å²) < 4.78 is 33.1. The van der Waals surface area contributed by atoms with Crippen molar-refractivity contribution in [3.63, 3.8) is 0 Å². The molecule has 0 aromatic heterocycles. The van der Waals surface area contributed by atoms with E-state index in [9.17, 15) is 29.1 Å². The van der Waals surface area contributed by atoms with Gasteiger partial charge in [0.2, 0.25) is 0 Å². The summed E-state index contributed by atoms with van der Waals surface area (Å²) in [5.74, 6) is -2.97. The van der Waals surface area contributed by atoms with Gasteiger partial charge in [-0.25, -0.2) is 0 Å². The zero-order chi connectivity index (χ0) is 29.7. The lowest BCUT2D eigenvalue weighted by atomic mass is 9.64. The van der Waals surface area contributed by atoms with Gasteiger partial charge in [0.1, 0.15) is 18.3 Å². The van der Waals surface area contributed by atoms with Crippen molar-refractivity contribution < 1.29 is 57.5 Å². The van der Waals surface area contributed by atoms with Gasteiger partial charge in [0.15, 0.2) is 30.4 Å². The lowest BCUT2D eigenvalue weighted by Gasteiger charge is -2.45.